The average Bonchev–Trinajstić information content (AvgIpc) is 2.25. The molecule has 0 N–H and O–H groups in total. The Bertz CT molecular complexity index is 287. The Morgan fingerprint density at radius 2 is 1.71 bits per heavy atom. The highest BCUT2D eigenvalue weighted by Crippen LogP contribution is 2.03. The minimum Gasteiger partial charge on any atom is -0.103 e. The molecule has 74 valence electrons. The molecule has 1 aromatic carbocycles. The van der Waals surface area contributed by atoms with Crippen molar-refractivity contribution in [1.82, 2.24) is 0 Å². The molecular formula is C14H18. The third-order valence-corrected chi connectivity index (χ3v) is 2.11. The Hall–Kier alpha value is -1.22. The van der Waals surface area contributed by atoms with Gasteiger partial charge in [-0.25, -0.2) is 0 Å². The van der Waals surface area contributed by atoms with E-state index in [-0.39, 0.29) is 0 Å². The van der Waals surface area contributed by atoms with Gasteiger partial charge in [0.25, 0.3) is 0 Å². The second-order valence-corrected chi connectivity index (χ2v) is 3.44. The van der Waals surface area contributed by atoms with Crippen molar-refractivity contribution < 1.29 is 0 Å². The van der Waals surface area contributed by atoms with Gasteiger partial charge in [0.2, 0.25) is 0 Å². The lowest BCUT2D eigenvalue weighted by atomic mass is 10.1. The van der Waals surface area contributed by atoms with Crippen molar-refractivity contribution in [2.45, 2.75) is 39.0 Å². The lowest BCUT2D eigenvalue weighted by Crippen LogP contribution is -1.82. The highest BCUT2D eigenvalue weighted by molar-refractivity contribution is 5.14. The number of unbranched alkanes of at least 4 members (excludes halogenated alkanes) is 2. The highest BCUT2D eigenvalue weighted by atomic mass is 13.9. The summed E-state index contributed by atoms with van der Waals surface area (Å²) in [6.07, 6.45) is 5.59. The van der Waals surface area contributed by atoms with E-state index in [0.717, 1.165) is 19.3 Å². The van der Waals surface area contributed by atoms with E-state index in [0.29, 0.717) is 0 Å². The Morgan fingerprint density at radius 1 is 1.00 bits per heavy atom. The van der Waals surface area contributed by atoms with Gasteiger partial charge in [-0.2, -0.15) is 0 Å². The van der Waals surface area contributed by atoms with Crippen molar-refractivity contribution >= 4 is 0 Å². The summed E-state index contributed by atoms with van der Waals surface area (Å²) in [5.74, 6) is 6.38. The molecule has 0 aliphatic carbocycles. The second kappa shape index (κ2) is 7.21. The van der Waals surface area contributed by atoms with Crippen LogP contribution in [0, 0.1) is 11.8 Å². The van der Waals surface area contributed by atoms with Gasteiger partial charge in [0.15, 0.2) is 0 Å². The van der Waals surface area contributed by atoms with E-state index in [9.17, 15) is 0 Å². The van der Waals surface area contributed by atoms with Crippen molar-refractivity contribution in [3.05, 3.63) is 35.9 Å². The van der Waals surface area contributed by atoms with E-state index < -0.39 is 0 Å². The summed E-state index contributed by atoms with van der Waals surface area (Å²) in [6.45, 7) is 2.17. The van der Waals surface area contributed by atoms with E-state index in [4.69, 9.17) is 0 Å². The van der Waals surface area contributed by atoms with Gasteiger partial charge in [-0.15, -0.1) is 11.8 Å². The Morgan fingerprint density at radius 3 is 2.43 bits per heavy atom. The van der Waals surface area contributed by atoms with Gasteiger partial charge in [-0.05, 0) is 24.8 Å². The molecule has 0 atom stereocenters. The molecule has 0 heterocycles. The largest absolute Gasteiger partial charge is 0.103 e. The molecule has 0 spiro atoms. The molecular weight excluding hydrogens is 168 g/mol. The molecule has 0 amide bonds. The van der Waals surface area contributed by atoms with E-state index in [1.165, 1.54) is 18.4 Å². The molecule has 0 radical (unpaired) electrons. The van der Waals surface area contributed by atoms with Crippen LogP contribution in [-0.2, 0) is 6.42 Å². The predicted molar refractivity (Wildman–Crippen MR) is 62.1 cm³/mol. The molecule has 0 unspecified atom stereocenters. The van der Waals surface area contributed by atoms with Crippen molar-refractivity contribution in [2.24, 2.45) is 0 Å². The van der Waals surface area contributed by atoms with Crippen molar-refractivity contribution in [3.63, 3.8) is 0 Å². The fourth-order valence-corrected chi connectivity index (χ4v) is 1.33. The number of benzene rings is 1. The maximum Gasteiger partial charge on any atom is 0.00918 e. The third kappa shape index (κ3) is 4.72. The minimum absolute atomic E-state index is 1.04. The molecule has 0 fully saturated rings. The smallest absolute Gasteiger partial charge is 0.00918 e. The molecule has 0 aromatic heterocycles. The topological polar surface area (TPSA) is 0 Å². The van der Waals surface area contributed by atoms with E-state index in [1.54, 1.807) is 0 Å². The maximum absolute atomic E-state index is 3.21. The monoisotopic (exact) mass is 186 g/mol. The lowest BCUT2D eigenvalue weighted by molar-refractivity contribution is 0.855. The summed E-state index contributed by atoms with van der Waals surface area (Å²) >= 11 is 0. The summed E-state index contributed by atoms with van der Waals surface area (Å²) in [5, 5.41) is 0. The molecule has 1 aromatic rings. The van der Waals surface area contributed by atoms with Crippen LogP contribution in [0.5, 0.6) is 0 Å². The number of rotatable bonds is 4. The van der Waals surface area contributed by atoms with Crippen LogP contribution in [-0.4, -0.2) is 0 Å². The molecule has 0 aliphatic heterocycles. The zero-order valence-electron chi connectivity index (χ0n) is 8.92. The van der Waals surface area contributed by atoms with E-state index in [2.05, 4.69) is 49.1 Å². The summed E-state index contributed by atoms with van der Waals surface area (Å²) in [5.41, 5.74) is 1.42. The van der Waals surface area contributed by atoms with Gasteiger partial charge in [0.1, 0.15) is 0 Å². The molecule has 0 heteroatoms. The molecule has 0 saturated carbocycles. The van der Waals surface area contributed by atoms with Gasteiger partial charge in [-0.3, -0.25) is 0 Å². The predicted octanol–water partition coefficient (Wildman–Crippen LogP) is 3.81. The van der Waals surface area contributed by atoms with Crippen LogP contribution in [0.15, 0.2) is 30.3 Å². The van der Waals surface area contributed by atoms with Gasteiger partial charge in [-0.1, -0.05) is 37.3 Å². The van der Waals surface area contributed by atoms with Gasteiger partial charge >= 0.3 is 0 Å². The molecule has 0 nitrogen and oxygen atoms in total. The summed E-state index contributed by atoms with van der Waals surface area (Å²) in [4.78, 5) is 0. The molecule has 0 saturated heterocycles. The Kier molecular flexibility index (Phi) is 5.59. The van der Waals surface area contributed by atoms with Crippen LogP contribution in [0.4, 0.5) is 0 Å². The summed E-state index contributed by atoms with van der Waals surface area (Å²) < 4.78 is 0. The standard InChI is InChI=1S/C14H18/c1-2-3-4-5-6-8-11-14-12-9-7-10-13-14/h7,9-10,12-13H,2-3,6,8,11H2,1H3. The normalized spacial score (nSPS) is 9.21. The van der Waals surface area contributed by atoms with Crippen LogP contribution < -0.4 is 0 Å². The van der Waals surface area contributed by atoms with Crippen molar-refractivity contribution in [2.75, 3.05) is 0 Å². The first-order valence-electron chi connectivity index (χ1n) is 5.43. The maximum atomic E-state index is 3.21. The first-order valence-corrected chi connectivity index (χ1v) is 5.43. The zero-order valence-corrected chi connectivity index (χ0v) is 8.92. The highest BCUT2D eigenvalue weighted by Gasteiger charge is 1.89. The minimum atomic E-state index is 1.04. The van der Waals surface area contributed by atoms with Crippen LogP contribution in [0.25, 0.3) is 0 Å². The summed E-state index contributed by atoms with van der Waals surface area (Å²) in [6, 6.07) is 10.6. The first-order chi connectivity index (χ1) is 6.93. The van der Waals surface area contributed by atoms with Crippen LogP contribution >= 0.6 is 0 Å². The fourth-order valence-electron chi connectivity index (χ4n) is 1.33. The van der Waals surface area contributed by atoms with Gasteiger partial charge in [0.05, 0.1) is 0 Å². The summed E-state index contributed by atoms with van der Waals surface area (Å²) in [7, 11) is 0. The zero-order chi connectivity index (χ0) is 10.1. The first kappa shape index (κ1) is 10.9. The van der Waals surface area contributed by atoms with Crippen LogP contribution in [0.3, 0.4) is 0 Å². The average molecular weight is 186 g/mol. The molecule has 14 heavy (non-hydrogen) atoms. The van der Waals surface area contributed by atoms with E-state index >= 15 is 0 Å². The van der Waals surface area contributed by atoms with Crippen molar-refractivity contribution in [1.29, 1.82) is 0 Å². The van der Waals surface area contributed by atoms with Crippen LogP contribution in [0.1, 0.15) is 38.2 Å². The fraction of sp³-hybridized carbons (Fsp3) is 0.429. The molecule has 0 bridgehead atoms. The second-order valence-electron chi connectivity index (χ2n) is 3.44. The van der Waals surface area contributed by atoms with Crippen LogP contribution in [0.2, 0.25) is 0 Å². The Labute approximate surface area is 87.4 Å². The number of hydrogen-bond donors (Lipinski definition) is 0. The molecule has 0 aliphatic rings. The van der Waals surface area contributed by atoms with E-state index in [1.807, 2.05) is 0 Å². The quantitative estimate of drug-likeness (QED) is 0.495. The third-order valence-electron chi connectivity index (χ3n) is 2.11. The van der Waals surface area contributed by atoms with Gasteiger partial charge in [0, 0.05) is 12.8 Å². The lowest BCUT2D eigenvalue weighted by Gasteiger charge is -1.96. The number of aryl methyl sites for hydroxylation is 1. The molecule has 1 rings (SSSR count). The Balaban J connectivity index is 2.14. The van der Waals surface area contributed by atoms with Crippen molar-refractivity contribution in [3.8, 4) is 11.8 Å². The SMILES string of the molecule is CCCC#CCCCc1ccccc1. The number of hydrogen-bond acceptors (Lipinski definition) is 0. The van der Waals surface area contributed by atoms with Gasteiger partial charge < -0.3 is 0 Å².